The Morgan fingerprint density at radius 2 is 1.95 bits per heavy atom. The lowest BCUT2D eigenvalue weighted by atomic mass is 10.2. The highest BCUT2D eigenvalue weighted by molar-refractivity contribution is 6.31. The summed E-state index contributed by atoms with van der Waals surface area (Å²) < 4.78 is 1.71. The number of fused-ring (bicyclic) bond motifs is 1. The third-order valence-electron chi connectivity index (χ3n) is 2.85. The van der Waals surface area contributed by atoms with E-state index in [2.05, 4.69) is 4.98 Å². The molecule has 0 atom stereocenters. The van der Waals surface area contributed by atoms with Gasteiger partial charge in [-0.15, -0.1) is 0 Å². The number of rotatable bonds is 2. The summed E-state index contributed by atoms with van der Waals surface area (Å²) >= 11 is 5.97. The fraction of sp³-hybridized carbons (Fsp3) is 0. The first kappa shape index (κ1) is 11.7. The minimum Gasteiger partial charge on any atom is -0.365 e. The fourth-order valence-corrected chi connectivity index (χ4v) is 2.21. The number of nitrogens with zero attached hydrogens (tertiary/aromatic N) is 2. The second-order valence-corrected chi connectivity index (χ2v) is 4.60. The van der Waals surface area contributed by atoms with Gasteiger partial charge in [0, 0.05) is 18.0 Å². The summed E-state index contributed by atoms with van der Waals surface area (Å²) in [5.74, 6) is -0.544. The van der Waals surface area contributed by atoms with Crippen molar-refractivity contribution in [3.05, 3.63) is 59.4 Å². The highest BCUT2D eigenvalue weighted by atomic mass is 35.5. The van der Waals surface area contributed by atoms with Crippen molar-refractivity contribution in [1.29, 1.82) is 0 Å². The normalized spacial score (nSPS) is 10.8. The number of benzene rings is 1. The largest absolute Gasteiger partial charge is 0.365 e. The van der Waals surface area contributed by atoms with Crippen LogP contribution in [-0.4, -0.2) is 15.3 Å². The number of nitrogens with two attached hydrogens (primary N) is 1. The molecule has 0 radical (unpaired) electrons. The number of carbonyl (C=O) groups excluding carboxylic acids is 1. The molecular formula is C14H10ClN3O. The van der Waals surface area contributed by atoms with Crippen LogP contribution in [0.5, 0.6) is 0 Å². The maximum Gasteiger partial charge on any atom is 0.252 e. The minimum absolute atomic E-state index is 0.315. The molecule has 2 aromatic heterocycles. The molecule has 2 N–H and O–H groups in total. The molecule has 3 aromatic rings. The first-order valence-electron chi connectivity index (χ1n) is 5.68. The molecule has 0 saturated carbocycles. The molecule has 0 fully saturated rings. The molecule has 0 aliphatic rings. The smallest absolute Gasteiger partial charge is 0.252 e. The van der Waals surface area contributed by atoms with Gasteiger partial charge in [-0.3, -0.25) is 4.79 Å². The number of imidazole rings is 1. The quantitative estimate of drug-likeness (QED) is 0.779. The van der Waals surface area contributed by atoms with Crippen LogP contribution >= 0.6 is 11.6 Å². The van der Waals surface area contributed by atoms with Crippen molar-refractivity contribution in [2.75, 3.05) is 0 Å². The Morgan fingerprint density at radius 3 is 2.63 bits per heavy atom. The highest BCUT2D eigenvalue weighted by Crippen LogP contribution is 2.22. The van der Waals surface area contributed by atoms with Crippen molar-refractivity contribution in [3.63, 3.8) is 0 Å². The maximum atomic E-state index is 11.4. The second kappa shape index (κ2) is 4.40. The summed E-state index contributed by atoms with van der Waals surface area (Å²) in [5, 5.41) is 0.443. The molecule has 0 aliphatic heterocycles. The minimum atomic E-state index is -0.544. The van der Waals surface area contributed by atoms with Crippen LogP contribution in [0.2, 0.25) is 5.02 Å². The predicted octanol–water partition coefficient (Wildman–Crippen LogP) is 2.75. The van der Waals surface area contributed by atoms with Gasteiger partial charge in [-0.25, -0.2) is 4.98 Å². The zero-order chi connectivity index (χ0) is 13.4. The van der Waals surface area contributed by atoms with Crippen LogP contribution in [-0.2, 0) is 0 Å². The zero-order valence-electron chi connectivity index (χ0n) is 9.88. The van der Waals surface area contributed by atoms with E-state index in [1.165, 1.54) is 6.07 Å². The molecule has 0 spiro atoms. The maximum absolute atomic E-state index is 11.4. The SMILES string of the molecule is NC(=O)c1cc(Cl)cn2cc(-c3ccccc3)nc12. The Kier molecular flexibility index (Phi) is 2.72. The first-order valence-corrected chi connectivity index (χ1v) is 6.06. The number of pyridine rings is 1. The van der Waals surface area contributed by atoms with Crippen LogP contribution in [0.4, 0.5) is 0 Å². The summed E-state index contributed by atoms with van der Waals surface area (Å²) in [5.41, 5.74) is 7.91. The van der Waals surface area contributed by atoms with Gasteiger partial charge in [-0.05, 0) is 6.07 Å². The van der Waals surface area contributed by atoms with Crippen molar-refractivity contribution < 1.29 is 4.79 Å². The average Bonchev–Trinajstić information content (AvgIpc) is 2.82. The number of carbonyl (C=O) groups is 1. The molecule has 3 rings (SSSR count). The van der Waals surface area contributed by atoms with E-state index in [9.17, 15) is 4.79 Å². The van der Waals surface area contributed by atoms with Crippen LogP contribution in [0.25, 0.3) is 16.9 Å². The summed E-state index contributed by atoms with van der Waals surface area (Å²) in [6.07, 6.45) is 3.52. The molecule has 1 aromatic carbocycles. The summed E-state index contributed by atoms with van der Waals surface area (Å²) in [6, 6.07) is 11.2. The molecule has 0 bridgehead atoms. The number of aromatic nitrogens is 2. The monoisotopic (exact) mass is 271 g/mol. The third kappa shape index (κ3) is 2.06. The van der Waals surface area contributed by atoms with Gasteiger partial charge in [-0.2, -0.15) is 0 Å². The van der Waals surface area contributed by atoms with E-state index in [4.69, 9.17) is 17.3 Å². The van der Waals surface area contributed by atoms with Gasteiger partial charge in [0.2, 0.25) is 0 Å². The van der Waals surface area contributed by atoms with Gasteiger partial charge in [0.25, 0.3) is 5.91 Å². The van der Waals surface area contributed by atoms with Crippen LogP contribution in [0.3, 0.4) is 0 Å². The Bertz CT molecular complexity index is 765. The lowest BCUT2D eigenvalue weighted by Gasteiger charge is -1.99. The van der Waals surface area contributed by atoms with E-state index >= 15 is 0 Å². The molecule has 4 nitrogen and oxygen atoms in total. The standard InChI is InChI=1S/C14H10ClN3O/c15-10-6-11(13(16)19)14-17-12(8-18(14)7-10)9-4-2-1-3-5-9/h1-8H,(H2,16,19). The van der Waals surface area contributed by atoms with E-state index < -0.39 is 5.91 Å². The Morgan fingerprint density at radius 1 is 1.21 bits per heavy atom. The van der Waals surface area contributed by atoms with Crippen LogP contribution < -0.4 is 5.73 Å². The molecule has 19 heavy (non-hydrogen) atoms. The van der Waals surface area contributed by atoms with Gasteiger partial charge in [-0.1, -0.05) is 41.9 Å². The van der Waals surface area contributed by atoms with E-state index in [-0.39, 0.29) is 0 Å². The van der Waals surface area contributed by atoms with E-state index in [1.54, 1.807) is 10.6 Å². The number of primary amides is 1. The second-order valence-electron chi connectivity index (χ2n) is 4.16. The number of amides is 1. The van der Waals surface area contributed by atoms with Gasteiger partial charge >= 0.3 is 0 Å². The van der Waals surface area contributed by atoms with Crippen molar-refractivity contribution >= 4 is 23.2 Å². The lowest BCUT2D eigenvalue weighted by Crippen LogP contribution is -2.12. The van der Waals surface area contributed by atoms with Crippen LogP contribution in [0.1, 0.15) is 10.4 Å². The molecule has 0 saturated heterocycles. The van der Waals surface area contributed by atoms with Crippen LogP contribution in [0.15, 0.2) is 48.8 Å². The number of hydrogen-bond donors (Lipinski definition) is 1. The first-order chi connectivity index (χ1) is 9.15. The van der Waals surface area contributed by atoms with E-state index in [0.717, 1.165) is 11.3 Å². The van der Waals surface area contributed by atoms with E-state index in [0.29, 0.717) is 16.2 Å². The topological polar surface area (TPSA) is 60.4 Å². The van der Waals surface area contributed by atoms with Crippen LogP contribution in [0, 0.1) is 0 Å². The molecule has 0 aliphatic carbocycles. The van der Waals surface area contributed by atoms with Gasteiger partial charge in [0.1, 0.15) is 5.65 Å². The molecule has 0 unspecified atom stereocenters. The van der Waals surface area contributed by atoms with Crippen molar-refractivity contribution in [2.24, 2.45) is 5.73 Å². The fourth-order valence-electron chi connectivity index (χ4n) is 1.99. The number of halogens is 1. The Hall–Kier alpha value is -2.33. The lowest BCUT2D eigenvalue weighted by molar-refractivity contribution is 0.100. The molecular weight excluding hydrogens is 262 g/mol. The van der Waals surface area contributed by atoms with E-state index in [1.807, 2.05) is 36.5 Å². The van der Waals surface area contributed by atoms with Crippen molar-refractivity contribution in [2.45, 2.75) is 0 Å². The molecule has 2 heterocycles. The summed E-state index contributed by atoms with van der Waals surface area (Å²) in [4.78, 5) is 15.9. The summed E-state index contributed by atoms with van der Waals surface area (Å²) in [7, 11) is 0. The Balaban J connectivity index is 2.26. The predicted molar refractivity (Wildman–Crippen MR) is 74.2 cm³/mol. The zero-order valence-corrected chi connectivity index (χ0v) is 10.6. The molecule has 94 valence electrons. The highest BCUT2D eigenvalue weighted by Gasteiger charge is 2.12. The van der Waals surface area contributed by atoms with Gasteiger partial charge in [0.15, 0.2) is 0 Å². The summed E-state index contributed by atoms with van der Waals surface area (Å²) in [6.45, 7) is 0. The van der Waals surface area contributed by atoms with Crippen molar-refractivity contribution in [1.82, 2.24) is 9.38 Å². The van der Waals surface area contributed by atoms with Crippen molar-refractivity contribution in [3.8, 4) is 11.3 Å². The van der Waals surface area contributed by atoms with Gasteiger partial charge < -0.3 is 10.1 Å². The van der Waals surface area contributed by atoms with Gasteiger partial charge in [0.05, 0.1) is 16.3 Å². The Labute approximate surface area is 114 Å². The molecule has 5 heteroatoms. The average molecular weight is 272 g/mol. The number of hydrogen-bond acceptors (Lipinski definition) is 2. The third-order valence-corrected chi connectivity index (χ3v) is 3.06. The molecule has 1 amide bonds.